The molecule has 1 atom stereocenters. The first kappa shape index (κ1) is 14.8. The van der Waals surface area contributed by atoms with Crippen molar-refractivity contribution in [2.24, 2.45) is 5.92 Å². The average molecular weight is 271 g/mol. The Labute approximate surface area is 114 Å². The Bertz CT molecular complexity index is 353. The number of amides is 1. The lowest BCUT2D eigenvalue weighted by molar-refractivity contribution is -0.123. The molecule has 0 saturated carbocycles. The summed E-state index contributed by atoms with van der Waals surface area (Å²) >= 11 is 0. The lowest BCUT2D eigenvalue weighted by atomic mass is 10.1. The van der Waals surface area contributed by atoms with Gasteiger partial charge < -0.3 is 15.4 Å². The second kappa shape index (κ2) is 7.95. The predicted octanol–water partition coefficient (Wildman–Crippen LogP) is 1.21. The van der Waals surface area contributed by atoms with Crippen molar-refractivity contribution < 1.29 is 9.53 Å². The molecule has 1 saturated heterocycles. The quantitative estimate of drug-likeness (QED) is 0.846. The zero-order valence-electron chi connectivity index (χ0n) is 10.2. The fraction of sp³-hybridized carbons (Fsp3) is 0.462. The van der Waals surface area contributed by atoms with E-state index in [1.807, 2.05) is 30.3 Å². The highest BCUT2D eigenvalue weighted by Gasteiger charge is 2.15. The maximum absolute atomic E-state index is 11.5. The SMILES string of the molecule is Cl.O=C(COc1ccccc1)NCC1CCNC1. The Balaban J connectivity index is 0.00000162. The molecule has 0 aliphatic carbocycles. The molecule has 2 rings (SSSR count). The van der Waals surface area contributed by atoms with Crippen LogP contribution in [0.2, 0.25) is 0 Å². The van der Waals surface area contributed by atoms with Crippen LogP contribution >= 0.6 is 12.4 Å². The topological polar surface area (TPSA) is 50.4 Å². The van der Waals surface area contributed by atoms with Crippen molar-refractivity contribution in [2.75, 3.05) is 26.2 Å². The van der Waals surface area contributed by atoms with Crippen molar-refractivity contribution in [3.63, 3.8) is 0 Å². The second-order valence-electron chi connectivity index (χ2n) is 4.26. The zero-order valence-corrected chi connectivity index (χ0v) is 11.0. The minimum absolute atomic E-state index is 0. The van der Waals surface area contributed by atoms with Gasteiger partial charge in [0, 0.05) is 6.54 Å². The van der Waals surface area contributed by atoms with E-state index >= 15 is 0 Å². The van der Waals surface area contributed by atoms with E-state index in [4.69, 9.17) is 4.74 Å². The molecule has 1 unspecified atom stereocenters. The van der Waals surface area contributed by atoms with Gasteiger partial charge in [-0.05, 0) is 37.6 Å². The molecule has 0 spiro atoms. The second-order valence-corrected chi connectivity index (χ2v) is 4.26. The first-order valence-electron chi connectivity index (χ1n) is 6.00. The number of halogens is 1. The summed E-state index contributed by atoms with van der Waals surface area (Å²) in [5.74, 6) is 1.24. The molecule has 0 radical (unpaired) electrons. The van der Waals surface area contributed by atoms with Crippen LogP contribution in [-0.2, 0) is 4.79 Å². The third kappa shape index (κ3) is 4.94. The summed E-state index contributed by atoms with van der Waals surface area (Å²) in [6.07, 6.45) is 1.14. The van der Waals surface area contributed by atoms with Gasteiger partial charge in [-0.25, -0.2) is 0 Å². The molecule has 5 heteroatoms. The summed E-state index contributed by atoms with van der Waals surface area (Å²) in [6.45, 7) is 2.88. The molecule has 4 nitrogen and oxygen atoms in total. The number of hydrogen-bond acceptors (Lipinski definition) is 3. The minimum Gasteiger partial charge on any atom is -0.484 e. The first-order valence-corrected chi connectivity index (χ1v) is 6.00. The summed E-state index contributed by atoms with van der Waals surface area (Å²) in [6, 6.07) is 9.37. The normalized spacial score (nSPS) is 17.9. The summed E-state index contributed by atoms with van der Waals surface area (Å²) < 4.78 is 5.36. The standard InChI is InChI=1S/C13H18N2O2.ClH/c16-13(15-9-11-6-7-14-8-11)10-17-12-4-2-1-3-5-12;/h1-5,11,14H,6-10H2,(H,15,16);1H. The maximum atomic E-state index is 11.5. The molecule has 1 aromatic rings. The highest BCUT2D eigenvalue weighted by Crippen LogP contribution is 2.08. The molecule has 2 N–H and O–H groups in total. The van der Waals surface area contributed by atoms with Crippen LogP contribution in [0.25, 0.3) is 0 Å². The van der Waals surface area contributed by atoms with Gasteiger partial charge in [-0.3, -0.25) is 4.79 Å². The average Bonchev–Trinajstić information content (AvgIpc) is 2.88. The van der Waals surface area contributed by atoms with Crippen LogP contribution in [0, 0.1) is 5.92 Å². The van der Waals surface area contributed by atoms with Gasteiger partial charge in [0.2, 0.25) is 0 Å². The molecule has 1 aromatic carbocycles. The van der Waals surface area contributed by atoms with Gasteiger partial charge in [0.1, 0.15) is 5.75 Å². The molecular formula is C13H19ClN2O2. The number of para-hydroxylation sites is 1. The van der Waals surface area contributed by atoms with Crippen LogP contribution in [0.3, 0.4) is 0 Å². The van der Waals surface area contributed by atoms with E-state index < -0.39 is 0 Å². The smallest absolute Gasteiger partial charge is 0.257 e. The minimum atomic E-state index is -0.0549. The molecule has 0 bridgehead atoms. The van der Waals surface area contributed by atoms with Gasteiger partial charge in [0.15, 0.2) is 6.61 Å². The summed E-state index contributed by atoms with van der Waals surface area (Å²) in [5.41, 5.74) is 0. The van der Waals surface area contributed by atoms with Crippen LogP contribution < -0.4 is 15.4 Å². The highest BCUT2D eigenvalue weighted by atomic mass is 35.5. The van der Waals surface area contributed by atoms with Gasteiger partial charge >= 0.3 is 0 Å². The first-order chi connectivity index (χ1) is 8.34. The number of hydrogen-bond donors (Lipinski definition) is 2. The molecule has 1 aliphatic rings. The number of carbonyl (C=O) groups is 1. The largest absolute Gasteiger partial charge is 0.484 e. The van der Waals surface area contributed by atoms with Crippen molar-refractivity contribution >= 4 is 18.3 Å². The fourth-order valence-corrected chi connectivity index (χ4v) is 1.86. The lowest BCUT2D eigenvalue weighted by Crippen LogP contribution is -2.33. The summed E-state index contributed by atoms with van der Waals surface area (Å²) in [7, 11) is 0. The van der Waals surface area contributed by atoms with Crippen LogP contribution in [0.4, 0.5) is 0 Å². The monoisotopic (exact) mass is 270 g/mol. The number of carbonyl (C=O) groups excluding carboxylic acids is 1. The number of nitrogens with one attached hydrogen (secondary N) is 2. The van der Waals surface area contributed by atoms with Crippen LogP contribution in [0.5, 0.6) is 5.75 Å². The van der Waals surface area contributed by atoms with Crippen molar-refractivity contribution in [1.29, 1.82) is 0 Å². The van der Waals surface area contributed by atoms with Crippen molar-refractivity contribution in [1.82, 2.24) is 10.6 Å². The molecule has 1 fully saturated rings. The molecular weight excluding hydrogens is 252 g/mol. The maximum Gasteiger partial charge on any atom is 0.257 e. The van der Waals surface area contributed by atoms with Crippen molar-refractivity contribution in [3.8, 4) is 5.75 Å². The van der Waals surface area contributed by atoms with E-state index in [0.717, 1.165) is 31.8 Å². The van der Waals surface area contributed by atoms with Gasteiger partial charge in [-0.15, -0.1) is 12.4 Å². The Morgan fingerprint density at radius 1 is 1.39 bits per heavy atom. The number of benzene rings is 1. The zero-order chi connectivity index (χ0) is 11.9. The highest BCUT2D eigenvalue weighted by molar-refractivity contribution is 5.85. The number of rotatable bonds is 5. The molecule has 0 aromatic heterocycles. The predicted molar refractivity (Wildman–Crippen MR) is 73.2 cm³/mol. The molecule has 1 aliphatic heterocycles. The Morgan fingerprint density at radius 2 is 2.17 bits per heavy atom. The van der Waals surface area contributed by atoms with E-state index in [0.29, 0.717) is 5.92 Å². The molecule has 100 valence electrons. The lowest BCUT2D eigenvalue weighted by Gasteiger charge is -2.10. The van der Waals surface area contributed by atoms with Crippen molar-refractivity contribution in [3.05, 3.63) is 30.3 Å². The van der Waals surface area contributed by atoms with Crippen LogP contribution in [0.1, 0.15) is 6.42 Å². The van der Waals surface area contributed by atoms with Gasteiger partial charge in [-0.1, -0.05) is 18.2 Å². The van der Waals surface area contributed by atoms with Crippen LogP contribution in [-0.4, -0.2) is 32.1 Å². The Morgan fingerprint density at radius 3 is 2.83 bits per heavy atom. The van der Waals surface area contributed by atoms with E-state index in [9.17, 15) is 4.79 Å². The van der Waals surface area contributed by atoms with Gasteiger partial charge in [-0.2, -0.15) is 0 Å². The Hall–Kier alpha value is -1.26. The van der Waals surface area contributed by atoms with Crippen molar-refractivity contribution in [2.45, 2.75) is 6.42 Å². The molecule has 1 amide bonds. The summed E-state index contributed by atoms with van der Waals surface area (Å²) in [5, 5.41) is 6.16. The number of ether oxygens (including phenoxy) is 1. The van der Waals surface area contributed by atoms with E-state index in [1.54, 1.807) is 0 Å². The Kier molecular flexibility index (Phi) is 6.54. The molecule has 18 heavy (non-hydrogen) atoms. The van der Waals surface area contributed by atoms with Gasteiger partial charge in [0.25, 0.3) is 5.91 Å². The van der Waals surface area contributed by atoms with E-state index in [1.165, 1.54) is 0 Å². The fourth-order valence-electron chi connectivity index (χ4n) is 1.86. The molecule has 1 heterocycles. The van der Waals surface area contributed by atoms with Gasteiger partial charge in [0.05, 0.1) is 0 Å². The van der Waals surface area contributed by atoms with E-state index in [2.05, 4.69) is 10.6 Å². The third-order valence-electron chi connectivity index (χ3n) is 2.86. The third-order valence-corrected chi connectivity index (χ3v) is 2.86. The summed E-state index contributed by atoms with van der Waals surface area (Å²) in [4.78, 5) is 11.5. The van der Waals surface area contributed by atoms with E-state index in [-0.39, 0.29) is 24.9 Å². The van der Waals surface area contributed by atoms with Crippen LogP contribution in [0.15, 0.2) is 30.3 Å².